The zero-order chi connectivity index (χ0) is 17.2. The number of methoxy groups -OCH3 is 1. The summed E-state index contributed by atoms with van der Waals surface area (Å²) in [6.07, 6.45) is 3.98. The number of ether oxygens (including phenoxy) is 1. The van der Waals surface area contributed by atoms with E-state index in [4.69, 9.17) is 4.74 Å². The first kappa shape index (κ1) is 15.5. The molecule has 1 heterocycles. The maximum atomic E-state index is 5.18. The van der Waals surface area contributed by atoms with Gasteiger partial charge in [-0.2, -0.15) is 0 Å². The van der Waals surface area contributed by atoms with E-state index in [1.54, 1.807) is 7.11 Å². The zero-order valence-electron chi connectivity index (χ0n) is 14.4. The van der Waals surface area contributed by atoms with Crippen molar-refractivity contribution in [3.05, 3.63) is 66.0 Å². The SMILES string of the molecule is CCn1c(=CC=Nc2ccc(OC)cc2)c2cccc3cccc1c32. The minimum absolute atomic E-state index is 0.840. The highest BCUT2D eigenvalue weighted by Gasteiger charge is 2.09. The molecule has 0 aliphatic rings. The van der Waals surface area contributed by atoms with Gasteiger partial charge in [0, 0.05) is 29.0 Å². The number of hydrogen-bond acceptors (Lipinski definition) is 2. The molecule has 0 bridgehead atoms. The monoisotopic (exact) mass is 328 g/mol. The van der Waals surface area contributed by atoms with E-state index in [0.717, 1.165) is 18.0 Å². The molecular weight excluding hydrogens is 308 g/mol. The van der Waals surface area contributed by atoms with E-state index in [2.05, 4.69) is 59.0 Å². The lowest BCUT2D eigenvalue weighted by Gasteiger charge is -2.01. The van der Waals surface area contributed by atoms with Gasteiger partial charge in [-0.3, -0.25) is 4.99 Å². The molecule has 0 aliphatic heterocycles. The van der Waals surface area contributed by atoms with Crippen molar-refractivity contribution in [1.29, 1.82) is 0 Å². The van der Waals surface area contributed by atoms with Crippen LogP contribution in [0.3, 0.4) is 0 Å². The van der Waals surface area contributed by atoms with Crippen LogP contribution >= 0.6 is 0 Å². The molecule has 0 fully saturated rings. The molecule has 0 spiro atoms. The fourth-order valence-electron chi connectivity index (χ4n) is 3.42. The third kappa shape index (κ3) is 2.68. The minimum atomic E-state index is 0.840. The van der Waals surface area contributed by atoms with Crippen molar-refractivity contribution in [2.75, 3.05) is 7.11 Å². The van der Waals surface area contributed by atoms with E-state index < -0.39 is 0 Å². The van der Waals surface area contributed by atoms with Gasteiger partial charge in [-0.25, -0.2) is 0 Å². The average Bonchev–Trinajstić information content (AvgIpc) is 2.97. The molecule has 0 unspecified atom stereocenters. The third-order valence-electron chi connectivity index (χ3n) is 4.58. The molecule has 124 valence electrons. The molecular formula is C22H20N2O. The second-order valence-electron chi connectivity index (χ2n) is 5.95. The summed E-state index contributed by atoms with van der Waals surface area (Å²) >= 11 is 0. The lowest BCUT2D eigenvalue weighted by molar-refractivity contribution is 0.415. The molecule has 0 saturated heterocycles. The number of benzene rings is 3. The van der Waals surface area contributed by atoms with Gasteiger partial charge in [0.1, 0.15) is 5.75 Å². The van der Waals surface area contributed by atoms with E-state index >= 15 is 0 Å². The summed E-state index contributed by atoms with van der Waals surface area (Å²) < 4.78 is 7.53. The van der Waals surface area contributed by atoms with Crippen LogP contribution < -0.4 is 10.1 Å². The Labute approximate surface area is 146 Å². The molecule has 0 N–H and O–H groups in total. The van der Waals surface area contributed by atoms with Crippen molar-refractivity contribution < 1.29 is 4.74 Å². The van der Waals surface area contributed by atoms with E-state index in [0.29, 0.717) is 0 Å². The summed E-state index contributed by atoms with van der Waals surface area (Å²) in [5, 5.41) is 5.09. The first-order valence-electron chi connectivity index (χ1n) is 8.50. The first-order valence-corrected chi connectivity index (χ1v) is 8.50. The average molecular weight is 328 g/mol. The van der Waals surface area contributed by atoms with E-state index in [9.17, 15) is 0 Å². The quantitative estimate of drug-likeness (QED) is 0.498. The summed E-state index contributed by atoms with van der Waals surface area (Å²) in [7, 11) is 1.67. The molecule has 1 aromatic heterocycles. The Morgan fingerprint density at radius 1 is 1.00 bits per heavy atom. The lowest BCUT2D eigenvalue weighted by Crippen LogP contribution is -2.15. The minimum Gasteiger partial charge on any atom is -0.497 e. The second kappa shape index (κ2) is 6.44. The van der Waals surface area contributed by atoms with Crippen LogP contribution in [0.25, 0.3) is 27.8 Å². The van der Waals surface area contributed by atoms with Gasteiger partial charge in [0.25, 0.3) is 0 Å². The van der Waals surface area contributed by atoms with Crippen LogP contribution in [-0.2, 0) is 6.54 Å². The van der Waals surface area contributed by atoms with Crippen LogP contribution in [0.2, 0.25) is 0 Å². The number of aryl methyl sites for hydroxylation is 1. The predicted molar refractivity (Wildman–Crippen MR) is 106 cm³/mol. The standard InChI is InChI=1S/C22H20N2O/c1-3-24-20(14-15-23-17-10-12-18(25-2)13-11-17)19-8-4-6-16-7-5-9-21(24)22(16)19/h4-15H,3H2,1-2H3. The van der Waals surface area contributed by atoms with Gasteiger partial charge in [-0.15, -0.1) is 0 Å². The highest BCUT2D eigenvalue weighted by atomic mass is 16.5. The van der Waals surface area contributed by atoms with Crippen LogP contribution in [0.1, 0.15) is 6.92 Å². The van der Waals surface area contributed by atoms with Gasteiger partial charge >= 0.3 is 0 Å². The van der Waals surface area contributed by atoms with Crippen LogP contribution in [0.4, 0.5) is 5.69 Å². The number of aliphatic imine (C=N–C) groups is 1. The van der Waals surface area contributed by atoms with Gasteiger partial charge in [0.2, 0.25) is 0 Å². The normalized spacial score (nSPS) is 12.6. The summed E-state index contributed by atoms with van der Waals surface area (Å²) in [6.45, 7) is 3.11. The molecule has 0 atom stereocenters. The largest absolute Gasteiger partial charge is 0.497 e. The van der Waals surface area contributed by atoms with E-state index in [1.165, 1.54) is 27.0 Å². The van der Waals surface area contributed by atoms with Crippen LogP contribution in [0, 0.1) is 0 Å². The van der Waals surface area contributed by atoms with Crippen molar-refractivity contribution in [3.8, 4) is 5.75 Å². The molecule has 25 heavy (non-hydrogen) atoms. The molecule has 4 aromatic rings. The second-order valence-corrected chi connectivity index (χ2v) is 5.95. The number of aromatic nitrogens is 1. The van der Waals surface area contributed by atoms with Crippen LogP contribution in [-0.4, -0.2) is 17.9 Å². The smallest absolute Gasteiger partial charge is 0.119 e. The van der Waals surface area contributed by atoms with Crippen molar-refractivity contribution in [2.45, 2.75) is 13.5 Å². The van der Waals surface area contributed by atoms with Crippen LogP contribution in [0.5, 0.6) is 5.75 Å². The van der Waals surface area contributed by atoms with Gasteiger partial charge in [-0.05, 0) is 48.7 Å². The highest BCUT2D eigenvalue weighted by Crippen LogP contribution is 2.25. The highest BCUT2D eigenvalue weighted by molar-refractivity contribution is 6.11. The fraction of sp³-hybridized carbons (Fsp3) is 0.136. The maximum Gasteiger partial charge on any atom is 0.119 e. The van der Waals surface area contributed by atoms with Crippen molar-refractivity contribution in [1.82, 2.24) is 4.57 Å². The van der Waals surface area contributed by atoms with Crippen LogP contribution in [0.15, 0.2) is 65.7 Å². The fourth-order valence-corrected chi connectivity index (χ4v) is 3.42. The van der Waals surface area contributed by atoms with Gasteiger partial charge < -0.3 is 9.30 Å². The Balaban J connectivity index is 1.83. The molecule has 3 aromatic carbocycles. The molecule has 0 amide bonds. The Morgan fingerprint density at radius 3 is 2.48 bits per heavy atom. The van der Waals surface area contributed by atoms with Crippen molar-refractivity contribution in [2.24, 2.45) is 4.99 Å². The summed E-state index contributed by atoms with van der Waals surface area (Å²) in [4.78, 5) is 4.56. The Bertz CT molecular complexity index is 1100. The summed E-state index contributed by atoms with van der Waals surface area (Å²) in [5.41, 5.74) is 2.19. The predicted octanol–water partition coefficient (Wildman–Crippen LogP) is 4.72. The van der Waals surface area contributed by atoms with Crippen molar-refractivity contribution in [3.63, 3.8) is 0 Å². The Morgan fingerprint density at radius 2 is 1.76 bits per heavy atom. The molecule has 0 aliphatic carbocycles. The van der Waals surface area contributed by atoms with E-state index in [-0.39, 0.29) is 0 Å². The lowest BCUT2D eigenvalue weighted by atomic mass is 10.1. The number of rotatable bonds is 4. The molecule has 4 rings (SSSR count). The van der Waals surface area contributed by atoms with Crippen molar-refractivity contribution >= 4 is 39.7 Å². The Kier molecular flexibility index (Phi) is 3.98. The number of nitrogens with zero attached hydrogens (tertiary/aromatic N) is 2. The maximum absolute atomic E-state index is 5.18. The molecule has 0 radical (unpaired) electrons. The Hall–Kier alpha value is -3.07. The summed E-state index contributed by atoms with van der Waals surface area (Å²) in [6, 6.07) is 20.7. The first-order chi connectivity index (χ1) is 12.3. The molecule has 3 nitrogen and oxygen atoms in total. The molecule has 0 saturated carbocycles. The van der Waals surface area contributed by atoms with Gasteiger partial charge in [0.05, 0.1) is 18.1 Å². The molecule has 3 heteroatoms. The van der Waals surface area contributed by atoms with Gasteiger partial charge in [-0.1, -0.05) is 30.3 Å². The topological polar surface area (TPSA) is 26.5 Å². The summed E-state index contributed by atoms with van der Waals surface area (Å²) in [5.74, 6) is 0.840. The van der Waals surface area contributed by atoms with E-state index in [1.807, 2.05) is 30.5 Å². The third-order valence-corrected chi connectivity index (χ3v) is 4.58. The zero-order valence-corrected chi connectivity index (χ0v) is 14.4. The number of hydrogen-bond donors (Lipinski definition) is 0. The van der Waals surface area contributed by atoms with Gasteiger partial charge in [0.15, 0.2) is 0 Å².